The van der Waals surface area contributed by atoms with Gasteiger partial charge >= 0.3 is 6.18 Å². The van der Waals surface area contributed by atoms with Crippen molar-refractivity contribution in [3.8, 4) is 0 Å². The highest BCUT2D eigenvalue weighted by Gasteiger charge is 2.32. The van der Waals surface area contributed by atoms with E-state index in [0.717, 1.165) is 47.6 Å². The van der Waals surface area contributed by atoms with E-state index in [1.807, 2.05) is 24.3 Å². The van der Waals surface area contributed by atoms with Crippen molar-refractivity contribution in [1.29, 1.82) is 0 Å². The number of hydrogen-bond donors (Lipinski definition) is 2. The Bertz CT molecular complexity index is 1620. The van der Waals surface area contributed by atoms with Gasteiger partial charge in [0.1, 0.15) is 11.5 Å². The van der Waals surface area contributed by atoms with Gasteiger partial charge in [0, 0.05) is 73.6 Å². The second-order valence-electron chi connectivity index (χ2n) is 9.82. The van der Waals surface area contributed by atoms with Crippen LogP contribution in [-0.2, 0) is 22.7 Å². The van der Waals surface area contributed by atoms with Crippen molar-refractivity contribution < 1.29 is 21.6 Å². The molecule has 212 valence electrons. The van der Waals surface area contributed by atoms with Crippen LogP contribution in [0.2, 0.25) is 0 Å². The van der Waals surface area contributed by atoms with Crippen molar-refractivity contribution in [1.82, 2.24) is 24.8 Å². The minimum absolute atomic E-state index is 0.0752. The van der Waals surface area contributed by atoms with Crippen molar-refractivity contribution in [3.63, 3.8) is 0 Å². The fourth-order valence-electron chi connectivity index (χ4n) is 4.61. The largest absolute Gasteiger partial charge is 0.417 e. The Labute approximate surface area is 229 Å². The van der Waals surface area contributed by atoms with E-state index < -0.39 is 21.8 Å². The molecule has 4 aromatic rings. The lowest BCUT2D eigenvalue weighted by atomic mass is 10.1. The van der Waals surface area contributed by atoms with Gasteiger partial charge in [-0.25, -0.2) is 18.4 Å². The van der Waals surface area contributed by atoms with Crippen LogP contribution in [0.1, 0.15) is 18.1 Å². The van der Waals surface area contributed by atoms with E-state index in [-0.39, 0.29) is 17.9 Å². The van der Waals surface area contributed by atoms with Gasteiger partial charge in [-0.2, -0.15) is 18.2 Å². The zero-order chi connectivity index (χ0) is 28.7. The van der Waals surface area contributed by atoms with Gasteiger partial charge < -0.3 is 20.1 Å². The van der Waals surface area contributed by atoms with Crippen LogP contribution in [0.5, 0.6) is 0 Å². The normalized spacial score (nSPS) is 16.4. The first-order chi connectivity index (χ1) is 18.9. The molecule has 0 unspecified atom stereocenters. The van der Waals surface area contributed by atoms with Crippen molar-refractivity contribution in [2.24, 2.45) is 0 Å². The number of pyridine rings is 1. The van der Waals surface area contributed by atoms with Crippen LogP contribution in [-0.4, -0.2) is 66.9 Å². The first-order valence-corrected chi connectivity index (χ1v) is 14.4. The predicted octanol–water partition coefficient (Wildman–Crippen LogP) is 3.83. The molecule has 0 spiro atoms. The predicted molar refractivity (Wildman–Crippen MR) is 149 cm³/mol. The number of halogens is 3. The first kappa shape index (κ1) is 27.6. The van der Waals surface area contributed by atoms with Gasteiger partial charge in [0.25, 0.3) is 0 Å². The van der Waals surface area contributed by atoms with Crippen LogP contribution in [0.4, 0.5) is 36.3 Å². The summed E-state index contributed by atoms with van der Waals surface area (Å²) in [6.45, 7) is 4.84. The third-order valence-corrected chi connectivity index (χ3v) is 7.93. The van der Waals surface area contributed by atoms with Crippen LogP contribution in [0.15, 0.2) is 55.0 Å². The zero-order valence-electron chi connectivity index (χ0n) is 22.1. The minimum Gasteiger partial charge on any atom is -0.369 e. The molecule has 1 aliphatic rings. The van der Waals surface area contributed by atoms with Crippen molar-refractivity contribution in [2.75, 3.05) is 47.5 Å². The Morgan fingerprint density at radius 3 is 2.58 bits per heavy atom. The summed E-state index contributed by atoms with van der Waals surface area (Å²) in [5.41, 5.74) is 1.47. The molecular weight excluding hydrogens is 545 g/mol. The lowest BCUT2D eigenvalue weighted by molar-refractivity contribution is -0.137. The third-order valence-electron chi connectivity index (χ3n) is 6.77. The molecule has 10 nitrogen and oxygen atoms in total. The molecule has 1 atom stereocenters. The number of sulfonamides is 1. The van der Waals surface area contributed by atoms with Crippen molar-refractivity contribution in [3.05, 3.63) is 66.1 Å². The van der Waals surface area contributed by atoms with E-state index in [9.17, 15) is 21.6 Å². The van der Waals surface area contributed by atoms with E-state index in [2.05, 4.69) is 37.4 Å². The summed E-state index contributed by atoms with van der Waals surface area (Å²) >= 11 is 0. The number of nitrogens with zero attached hydrogens (tertiary/aromatic N) is 6. The number of nitrogens with one attached hydrogen (secondary N) is 2. The summed E-state index contributed by atoms with van der Waals surface area (Å²) in [4.78, 5) is 15.1. The van der Waals surface area contributed by atoms with Crippen molar-refractivity contribution >= 4 is 44.2 Å². The fourth-order valence-corrected chi connectivity index (χ4v) is 5.09. The highest BCUT2D eigenvalue weighted by atomic mass is 32.2. The van der Waals surface area contributed by atoms with E-state index in [0.29, 0.717) is 29.2 Å². The molecule has 2 N–H and O–H groups in total. The van der Waals surface area contributed by atoms with Gasteiger partial charge in [0.2, 0.25) is 16.0 Å². The maximum atomic E-state index is 13.5. The first-order valence-electron chi connectivity index (χ1n) is 12.6. The Balaban J connectivity index is 1.42. The molecule has 0 saturated carbocycles. The van der Waals surface area contributed by atoms with E-state index >= 15 is 0 Å². The molecule has 5 rings (SSSR count). The van der Waals surface area contributed by atoms with Gasteiger partial charge in [-0.1, -0.05) is 0 Å². The second-order valence-corrected chi connectivity index (χ2v) is 11.8. The number of piperazine rings is 1. The van der Waals surface area contributed by atoms with Gasteiger partial charge in [-0.15, -0.1) is 0 Å². The number of aromatic nitrogens is 4. The second kappa shape index (κ2) is 10.6. The van der Waals surface area contributed by atoms with E-state index in [1.54, 1.807) is 23.0 Å². The topological polar surface area (TPSA) is 108 Å². The lowest BCUT2D eigenvalue weighted by Crippen LogP contribution is -2.49. The average Bonchev–Trinajstić information content (AvgIpc) is 3.29. The molecule has 3 aromatic heterocycles. The molecule has 0 amide bonds. The fraction of sp³-hybridized carbons (Fsp3) is 0.346. The quantitative estimate of drug-likeness (QED) is 0.343. The third kappa shape index (κ3) is 5.97. The SMILES string of the molecule is C[C@H]1CN(c2ccc(Nc3ncc4ccn(Cc5cc(C(F)(F)F)cnc5N(C)S(C)(=O)=O)c4n3)cc2)CCN1. The number of hydrogen-bond acceptors (Lipinski definition) is 8. The Kier molecular flexibility index (Phi) is 7.31. The number of rotatable bonds is 7. The molecule has 0 radical (unpaired) electrons. The number of alkyl halides is 3. The maximum Gasteiger partial charge on any atom is 0.417 e. The number of anilines is 4. The molecular formula is C26H29F3N8O2S. The summed E-state index contributed by atoms with van der Waals surface area (Å²) < 4.78 is 67.2. The Morgan fingerprint density at radius 1 is 1.15 bits per heavy atom. The van der Waals surface area contributed by atoms with Crippen LogP contribution in [0.3, 0.4) is 0 Å². The zero-order valence-corrected chi connectivity index (χ0v) is 23.0. The molecule has 0 bridgehead atoms. The molecule has 1 fully saturated rings. The number of fused-ring (bicyclic) bond motifs is 1. The molecule has 0 aliphatic carbocycles. The van der Waals surface area contributed by atoms with Gasteiger partial charge in [-0.3, -0.25) is 4.31 Å². The summed E-state index contributed by atoms with van der Waals surface area (Å²) in [5.74, 6) is 0.218. The van der Waals surface area contributed by atoms with E-state index in [1.165, 1.54) is 7.05 Å². The Hall–Kier alpha value is -3.91. The van der Waals surface area contributed by atoms with Crippen LogP contribution < -0.4 is 19.8 Å². The summed E-state index contributed by atoms with van der Waals surface area (Å²) in [6, 6.07) is 11.0. The smallest absolute Gasteiger partial charge is 0.369 e. The summed E-state index contributed by atoms with van der Waals surface area (Å²) in [7, 11) is -2.51. The monoisotopic (exact) mass is 574 g/mol. The summed E-state index contributed by atoms with van der Waals surface area (Å²) in [5, 5.41) is 7.28. The molecule has 1 saturated heterocycles. The molecule has 1 aromatic carbocycles. The van der Waals surface area contributed by atoms with Crippen LogP contribution in [0, 0.1) is 0 Å². The highest BCUT2D eigenvalue weighted by Crippen LogP contribution is 2.32. The van der Waals surface area contributed by atoms with Crippen LogP contribution >= 0.6 is 0 Å². The maximum absolute atomic E-state index is 13.5. The Morgan fingerprint density at radius 2 is 1.90 bits per heavy atom. The average molecular weight is 575 g/mol. The molecule has 14 heteroatoms. The molecule has 4 heterocycles. The van der Waals surface area contributed by atoms with Crippen LogP contribution in [0.25, 0.3) is 11.0 Å². The van der Waals surface area contributed by atoms with Gasteiger partial charge in [0.15, 0.2) is 0 Å². The van der Waals surface area contributed by atoms with Gasteiger partial charge in [0.05, 0.1) is 18.4 Å². The highest BCUT2D eigenvalue weighted by molar-refractivity contribution is 7.92. The summed E-state index contributed by atoms with van der Waals surface area (Å²) in [6.07, 6.45) is 0.235. The molecule has 1 aliphatic heterocycles. The standard InChI is InChI=1S/C26H29F3N8O2S/c1-17-15-36(11-9-30-17)22-6-4-21(5-7-22)33-25-32-13-18-8-10-37(24(18)34-25)16-19-12-20(26(27,28)29)14-31-23(19)35(2)40(3,38)39/h4-8,10,12-14,17,30H,9,11,15-16H2,1-3H3,(H,32,33,34)/t17-/m0/s1. The minimum atomic E-state index is -4.64. The lowest BCUT2D eigenvalue weighted by Gasteiger charge is -2.33. The van der Waals surface area contributed by atoms with Gasteiger partial charge in [-0.05, 0) is 43.3 Å². The number of benzene rings is 1. The molecule has 40 heavy (non-hydrogen) atoms. The van der Waals surface area contributed by atoms with E-state index in [4.69, 9.17) is 0 Å². The van der Waals surface area contributed by atoms with Crippen molar-refractivity contribution in [2.45, 2.75) is 25.7 Å².